The molecule has 9 heavy (non-hydrogen) atoms. The first kappa shape index (κ1) is 8.87. The van der Waals surface area contributed by atoms with E-state index in [2.05, 4.69) is 12.8 Å². The average Bonchev–Trinajstić information content (AvgIpc) is 1.89. The highest BCUT2D eigenvalue weighted by Gasteiger charge is 1.94. The zero-order valence-electron chi connectivity index (χ0n) is 5.76. The molecule has 0 saturated heterocycles. The smallest absolute Gasteiger partial charge is 0.0753 e. The van der Waals surface area contributed by atoms with E-state index in [0.29, 0.717) is 0 Å². The molecule has 1 nitrogen and oxygen atoms in total. The lowest BCUT2D eigenvalue weighted by Crippen LogP contribution is -2.20. The van der Waals surface area contributed by atoms with Gasteiger partial charge in [-0.25, -0.2) is 0 Å². The SMILES string of the molecule is C#CC(N)CSCCC. The van der Waals surface area contributed by atoms with Crippen LogP contribution in [0.25, 0.3) is 0 Å². The number of rotatable bonds is 4. The summed E-state index contributed by atoms with van der Waals surface area (Å²) in [6.45, 7) is 2.15. The Morgan fingerprint density at radius 3 is 2.89 bits per heavy atom. The molecule has 0 aromatic carbocycles. The minimum atomic E-state index is -0.0541. The van der Waals surface area contributed by atoms with Crippen LogP contribution in [0.2, 0.25) is 0 Å². The minimum absolute atomic E-state index is 0.0541. The van der Waals surface area contributed by atoms with Crippen LogP contribution in [0.1, 0.15) is 13.3 Å². The first-order valence-electron chi connectivity index (χ1n) is 3.10. The fourth-order valence-electron chi connectivity index (χ4n) is 0.403. The number of nitrogens with two attached hydrogens (primary N) is 1. The molecule has 0 bridgehead atoms. The van der Waals surface area contributed by atoms with Crippen molar-refractivity contribution in [3.8, 4) is 12.3 Å². The Balaban J connectivity index is 2.99. The maximum Gasteiger partial charge on any atom is 0.0753 e. The van der Waals surface area contributed by atoms with Gasteiger partial charge in [-0.3, -0.25) is 0 Å². The monoisotopic (exact) mass is 143 g/mol. The van der Waals surface area contributed by atoms with E-state index in [1.165, 1.54) is 6.42 Å². The standard InChI is InChI=1S/C7H13NS/c1-3-5-9-6-7(8)4-2/h2,7H,3,5-6,8H2,1H3. The molecule has 1 atom stereocenters. The fourth-order valence-corrected chi connectivity index (χ4v) is 1.21. The topological polar surface area (TPSA) is 26.0 Å². The Bertz CT molecular complexity index is 95.6. The normalized spacial score (nSPS) is 12.6. The second kappa shape index (κ2) is 6.00. The highest BCUT2D eigenvalue weighted by molar-refractivity contribution is 7.99. The second-order valence-electron chi connectivity index (χ2n) is 1.85. The number of hydrogen-bond donors (Lipinski definition) is 1. The van der Waals surface area contributed by atoms with Crippen molar-refractivity contribution in [3.05, 3.63) is 0 Å². The van der Waals surface area contributed by atoms with Gasteiger partial charge in [0.15, 0.2) is 0 Å². The fraction of sp³-hybridized carbons (Fsp3) is 0.714. The van der Waals surface area contributed by atoms with E-state index in [1.54, 1.807) is 0 Å². The van der Waals surface area contributed by atoms with E-state index in [-0.39, 0.29) is 6.04 Å². The van der Waals surface area contributed by atoms with Gasteiger partial charge in [-0.2, -0.15) is 11.8 Å². The molecule has 2 N–H and O–H groups in total. The predicted octanol–water partition coefficient (Wildman–Crippen LogP) is 1.09. The molecule has 1 unspecified atom stereocenters. The molecule has 2 heteroatoms. The summed E-state index contributed by atoms with van der Waals surface area (Å²) in [6.07, 6.45) is 6.26. The maximum atomic E-state index is 5.46. The van der Waals surface area contributed by atoms with Gasteiger partial charge in [-0.15, -0.1) is 6.42 Å². The highest BCUT2D eigenvalue weighted by Crippen LogP contribution is 2.02. The third kappa shape index (κ3) is 5.75. The van der Waals surface area contributed by atoms with Gasteiger partial charge in [-0.1, -0.05) is 12.8 Å². The van der Waals surface area contributed by atoms with Crippen molar-refractivity contribution < 1.29 is 0 Å². The van der Waals surface area contributed by atoms with Crippen molar-refractivity contribution in [2.45, 2.75) is 19.4 Å². The molecule has 0 spiro atoms. The van der Waals surface area contributed by atoms with E-state index in [1.807, 2.05) is 11.8 Å². The van der Waals surface area contributed by atoms with Crippen molar-refractivity contribution in [3.63, 3.8) is 0 Å². The molecule has 0 aliphatic heterocycles. The van der Waals surface area contributed by atoms with Gasteiger partial charge in [0, 0.05) is 5.75 Å². The summed E-state index contributed by atoms with van der Waals surface area (Å²) in [5.74, 6) is 4.54. The lowest BCUT2D eigenvalue weighted by molar-refractivity contribution is 0.971. The van der Waals surface area contributed by atoms with Crippen LogP contribution in [-0.2, 0) is 0 Å². The summed E-state index contributed by atoms with van der Waals surface area (Å²) in [5.41, 5.74) is 5.46. The third-order valence-electron chi connectivity index (χ3n) is 0.860. The van der Waals surface area contributed by atoms with E-state index >= 15 is 0 Å². The molecule has 0 radical (unpaired) electrons. The van der Waals surface area contributed by atoms with Gasteiger partial charge in [0.2, 0.25) is 0 Å². The Morgan fingerprint density at radius 1 is 1.78 bits per heavy atom. The number of hydrogen-bond acceptors (Lipinski definition) is 2. The molecule has 0 fully saturated rings. The lowest BCUT2D eigenvalue weighted by Gasteiger charge is -2.00. The molecule has 0 saturated carbocycles. The van der Waals surface area contributed by atoms with Crippen LogP contribution < -0.4 is 5.73 Å². The molecule has 0 aliphatic rings. The van der Waals surface area contributed by atoms with Crippen molar-refractivity contribution >= 4 is 11.8 Å². The molecular weight excluding hydrogens is 130 g/mol. The minimum Gasteiger partial charge on any atom is -0.317 e. The molecule has 0 amide bonds. The lowest BCUT2D eigenvalue weighted by atomic mass is 10.4. The van der Waals surface area contributed by atoms with Crippen LogP contribution in [0.15, 0.2) is 0 Å². The number of thioether (sulfide) groups is 1. The Labute approximate surface area is 61.4 Å². The average molecular weight is 143 g/mol. The molecule has 0 aromatic heterocycles. The van der Waals surface area contributed by atoms with Crippen molar-refractivity contribution in [1.29, 1.82) is 0 Å². The highest BCUT2D eigenvalue weighted by atomic mass is 32.2. The molecule has 0 heterocycles. The zero-order valence-corrected chi connectivity index (χ0v) is 6.58. The van der Waals surface area contributed by atoms with Gasteiger partial charge in [0.1, 0.15) is 0 Å². The van der Waals surface area contributed by atoms with Crippen LogP contribution in [0, 0.1) is 12.3 Å². The Morgan fingerprint density at radius 2 is 2.44 bits per heavy atom. The van der Waals surface area contributed by atoms with E-state index in [4.69, 9.17) is 12.2 Å². The van der Waals surface area contributed by atoms with Crippen LogP contribution in [-0.4, -0.2) is 17.5 Å². The van der Waals surface area contributed by atoms with Gasteiger partial charge in [0.25, 0.3) is 0 Å². The largest absolute Gasteiger partial charge is 0.317 e. The van der Waals surface area contributed by atoms with E-state index < -0.39 is 0 Å². The van der Waals surface area contributed by atoms with Gasteiger partial charge < -0.3 is 5.73 Å². The van der Waals surface area contributed by atoms with Crippen LogP contribution in [0.4, 0.5) is 0 Å². The zero-order chi connectivity index (χ0) is 7.11. The Hall–Kier alpha value is -0.130. The van der Waals surface area contributed by atoms with E-state index in [9.17, 15) is 0 Å². The summed E-state index contributed by atoms with van der Waals surface area (Å²) < 4.78 is 0. The van der Waals surface area contributed by atoms with Crippen LogP contribution >= 0.6 is 11.8 Å². The van der Waals surface area contributed by atoms with Crippen LogP contribution in [0.5, 0.6) is 0 Å². The van der Waals surface area contributed by atoms with E-state index in [0.717, 1.165) is 11.5 Å². The summed E-state index contributed by atoms with van der Waals surface area (Å²) in [5, 5.41) is 0. The van der Waals surface area contributed by atoms with Crippen LogP contribution in [0.3, 0.4) is 0 Å². The summed E-state index contributed by atoms with van der Waals surface area (Å²) >= 11 is 1.82. The van der Waals surface area contributed by atoms with Crippen molar-refractivity contribution in [2.24, 2.45) is 5.73 Å². The summed E-state index contributed by atoms with van der Waals surface area (Å²) in [4.78, 5) is 0. The first-order valence-corrected chi connectivity index (χ1v) is 4.26. The Kier molecular flexibility index (Phi) is 5.91. The van der Waals surface area contributed by atoms with Crippen molar-refractivity contribution in [1.82, 2.24) is 0 Å². The molecule has 0 rings (SSSR count). The third-order valence-corrected chi connectivity index (χ3v) is 2.15. The summed E-state index contributed by atoms with van der Waals surface area (Å²) in [7, 11) is 0. The molecule has 0 aromatic rings. The first-order chi connectivity index (χ1) is 4.31. The maximum absolute atomic E-state index is 5.46. The van der Waals surface area contributed by atoms with Gasteiger partial charge >= 0.3 is 0 Å². The summed E-state index contributed by atoms with van der Waals surface area (Å²) in [6, 6.07) is -0.0541. The van der Waals surface area contributed by atoms with Gasteiger partial charge in [0.05, 0.1) is 6.04 Å². The predicted molar refractivity (Wildman–Crippen MR) is 44.4 cm³/mol. The molecule has 52 valence electrons. The quantitative estimate of drug-likeness (QED) is 0.471. The second-order valence-corrected chi connectivity index (χ2v) is 3.00. The van der Waals surface area contributed by atoms with Gasteiger partial charge in [-0.05, 0) is 12.2 Å². The van der Waals surface area contributed by atoms with Crippen molar-refractivity contribution in [2.75, 3.05) is 11.5 Å². The molecular formula is C7H13NS. The number of terminal acetylenes is 1. The molecule has 0 aliphatic carbocycles.